The highest BCUT2D eigenvalue weighted by Gasteiger charge is 2.50. The van der Waals surface area contributed by atoms with Crippen LogP contribution in [-0.2, 0) is 0 Å². The fraction of sp³-hybridized carbons (Fsp3) is 0.667. The molecule has 4 fully saturated rings. The van der Waals surface area contributed by atoms with Crippen molar-refractivity contribution in [3.05, 3.63) is 29.8 Å². The van der Waals surface area contributed by atoms with Gasteiger partial charge >= 0.3 is 0 Å². The SMILES string of the molecule is COc1ccc(C(Cl)C2C3CC4CC(C3)CC2C4)cc1. The van der Waals surface area contributed by atoms with E-state index in [9.17, 15) is 0 Å². The highest BCUT2D eigenvalue weighted by atomic mass is 35.5. The smallest absolute Gasteiger partial charge is 0.118 e. The standard InChI is InChI=1S/C18H23ClO/c1-20-16-4-2-13(3-5-16)18(19)17-14-7-11-6-12(9-14)10-15(17)8-11/h2-5,11-12,14-15,17-18H,6-10H2,1H3. The molecule has 4 bridgehead atoms. The molecule has 2 heteroatoms. The van der Waals surface area contributed by atoms with Crippen molar-refractivity contribution in [1.29, 1.82) is 0 Å². The third kappa shape index (κ3) is 2.06. The van der Waals surface area contributed by atoms with Crippen molar-refractivity contribution in [2.24, 2.45) is 29.6 Å². The molecule has 0 aromatic heterocycles. The number of rotatable bonds is 3. The van der Waals surface area contributed by atoms with E-state index in [1.165, 1.54) is 37.7 Å². The predicted octanol–water partition coefficient (Wildman–Crippen LogP) is 5.05. The topological polar surface area (TPSA) is 9.23 Å². The Labute approximate surface area is 126 Å². The quantitative estimate of drug-likeness (QED) is 0.708. The number of hydrogen-bond donors (Lipinski definition) is 0. The van der Waals surface area contributed by atoms with Crippen molar-refractivity contribution in [1.82, 2.24) is 0 Å². The minimum absolute atomic E-state index is 0.191. The van der Waals surface area contributed by atoms with Crippen molar-refractivity contribution >= 4 is 11.6 Å². The Balaban J connectivity index is 1.57. The summed E-state index contributed by atoms with van der Waals surface area (Å²) in [6.07, 6.45) is 7.28. The van der Waals surface area contributed by atoms with Crippen molar-refractivity contribution in [2.75, 3.05) is 7.11 Å². The lowest BCUT2D eigenvalue weighted by molar-refractivity contribution is -0.0381. The molecule has 0 radical (unpaired) electrons. The second kappa shape index (κ2) is 4.94. The van der Waals surface area contributed by atoms with Crippen LogP contribution in [0.25, 0.3) is 0 Å². The van der Waals surface area contributed by atoms with Crippen LogP contribution in [-0.4, -0.2) is 7.11 Å². The van der Waals surface area contributed by atoms with Crippen LogP contribution in [0.15, 0.2) is 24.3 Å². The van der Waals surface area contributed by atoms with Crippen molar-refractivity contribution < 1.29 is 4.74 Å². The predicted molar refractivity (Wildman–Crippen MR) is 82.1 cm³/mol. The Morgan fingerprint density at radius 1 is 0.950 bits per heavy atom. The van der Waals surface area contributed by atoms with Gasteiger partial charge in [0.05, 0.1) is 12.5 Å². The number of hydrogen-bond acceptors (Lipinski definition) is 1. The van der Waals surface area contributed by atoms with E-state index < -0.39 is 0 Å². The zero-order valence-corrected chi connectivity index (χ0v) is 12.9. The molecule has 1 aromatic carbocycles. The average molecular weight is 291 g/mol. The number of alkyl halides is 1. The van der Waals surface area contributed by atoms with E-state index in [-0.39, 0.29) is 5.38 Å². The number of methoxy groups -OCH3 is 1. The second-order valence-corrected chi connectivity index (χ2v) is 7.65. The van der Waals surface area contributed by atoms with Crippen molar-refractivity contribution in [3.8, 4) is 5.75 Å². The van der Waals surface area contributed by atoms with Gasteiger partial charge in [-0.1, -0.05) is 12.1 Å². The van der Waals surface area contributed by atoms with Gasteiger partial charge in [0.15, 0.2) is 0 Å². The Kier molecular flexibility index (Phi) is 3.22. The molecule has 1 aromatic rings. The summed E-state index contributed by atoms with van der Waals surface area (Å²) in [6, 6.07) is 8.39. The maximum absolute atomic E-state index is 6.90. The maximum Gasteiger partial charge on any atom is 0.118 e. The van der Waals surface area contributed by atoms with Gasteiger partial charge in [-0.15, -0.1) is 11.6 Å². The lowest BCUT2D eigenvalue weighted by Gasteiger charge is -2.55. The van der Waals surface area contributed by atoms with E-state index in [0.29, 0.717) is 5.92 Å². The zero-order valence-electron chi connectivity index (χ0n) is 12.1. The normalized spacial score (nSPS) is 39.8. The van der Waals surface area contributed by atoms with Gasteiger partial charge in [-0.3, -0.25) is 0 Å². The van der Waals surface area contributed by atoms with Crippen LogP contribution in [0, 0.1) is 29.6 Å². The van der Waals surface area contributed by atoms with Gasteiger partial charge in [-0.25, -0.2) is 0 Å². The number of benzene rings is 1. The first-order valence-electron chi connectivity index (χ1n) is 8.02. The summed E-state index contributed by atoms with van der Waals surface area (Å²) in [5.41, 5.74) is 1.28. The van der Waals surface area contributed by atoms with E-state index in [2.05, 4.69) is 12.1 Å². The molecule has 4 saturated carbocycles. The minimum atomic E-state index is 0.191. The van der Waals surface area contributed by atoms with Crippen LogP contribution < -0.4 is 4.74 Å². The van der Waals surface area contributed by atoms with Crippen LogP contribution >= 0.6 is 11.6 Å². The van der Waals surface area contributed by atoms with Gasteiger partial charge in [0, 0.05) is 0 Å². The molecule has 4 aliphatic carbocycles. The van der Waals surface area contributed by atoms with E-state index in [1.807, 2.05) is 12.1 Å². The molecule has 1 nitrogen and oxygen atoms in total. The first-order valence-corrected chi connectivity index (χ1v) is 8.46. The summed E-state index contributed by atoms with van der Waals surface area (Å²) >= 11 is 6.90. The van der Waals surface area contributed by atoms with Gasteiger partial charge in [0.2, 0.25) is 0 Å². The van der Waals surface area contributed by atoms with Crippen molar-refractivity contribution in [3.63, 3.8) is 0 Å². The third-order valence-electron chi connectivity index (χ3n) is 6.07. The molecule has 0 heterocycles. The van der Waals surface area contributed by atoms with Crippen LogP contribution in [0.4, 0.5) is 0 Å². The van der Waals surface area contributed by atoms with E-state index in [4.69, 9.17) is 16.3 Å². The van der Waals surface area contributed by atoms with Gasteiger partial charge in [0.1, 0.15) is 5.75 Å². The van der Waals surface area contributed by atoms with Gasteiger partial charge in [-0.05, 0) is 79.4 Å². The fourth-order valence-corrected chi connectivity index (χ4v) is 6.01. The molecule has 108 valence electrons. The number of ether oxygens (including phenoxy) is 1. The number of halogens is 1. The summed E-state index contributed by atoms with van der Waals surface area (Å²) < 4.78 is 5.25. The Morgan fingerprint density at radius 2 is 1.50 bits per heavy atom. The first-order chi connectivity index (χ1) is 9.74. The molecule has 5 rings (SSSR count). The van der Waals surface area contributed by atoms with Crippen LogP contribution in [0.2, 0.25) is 0 Å². The molecule has 0 saturated heterocycles. The van der Waals surface area contributed by atoms with Gasteiger partial charge in [0.25, 0.3) is 0 Å². The fourth-order valence-electron chi connectivity index (χ4n) is 5.46. The molecule has 4 aliphatic rings. The summed E-state index contributed by atoms with van der Waals surface area (Å²) in [5.74, 6) is 5.44. The van der Waals surface area contributed by atoms with Gasteiger partial charge in [-0.2, -0.15) is 0 Å². The maximum atomic E-state index is 6.90. The average Bonchev–Trinajstić information content (AvgIpc) is 2.46. The molecular formula is C18H23ClO. The van der Waals surface area contributed by atoms with Gasteiger partial charge < -0.3 is 4.74 Å². The minimum Gasteiger partial charge on any atom is -0.497 e. The monoisotopic (exact) mass is 290 g/mol. The Morgan fingerprint density at radius 3 is 2.00 bits per heavy atom. The summed E-state index contributed by atoms with van der Waals surface area (Å²) in [6.45, 7) is 0. The summed E-state index contributed by atoms with van der Waals surface area (Å²) in [7, 11) is 1.71. The molecule has 0 N–H and O–H groups in total. The summed E-state index contributed by atoms with van der Waals surface area (Å²) in [4.78, 5) is 0. The van der Waals surface area contributed by atoms with Crippen LogP contribution in [0.3, 0.4) is 0 Å². The highest BCUT2D eigenvalue weighted by molar-refractivity contribution is 6.21. The molecular weight excluding hydrogens is 268 g/mol. The Bertz CT molecular complexity index is 453. The summed E-state index contributed by atoms with van der Waals surface area (Å²) in [5, 5.41) is 0.191. The highest BCUT2D eigenvalue weighted by Crippen LogP contribution is 2.60. The lowest BCUT2D eigenvalue weighted by Crippen LogP contribution is -2.46. The van der Waals surface area contributed by atoms with E-state index >= 15 is 0 Å². The lowest BCUT2D eigenvalue weighted by atomic mass is 9.51. The molecule has 0 amide bonds. The molecule has 1 atom stereocenters. The molecule has 20 heavy (non-hydrogen) atoms. The first kappa shape index (κ1) is 13.0. The third-order valence-corrected chi connectivity index (χ3v) is 6.61. The second-order valence-electron chi connectivity index (χ2n) is 7.18. The molecule has 1 unspecified atom stereocenters. The molecule has 0 spiro atoms. The van der Waals surface area contributed by atoms with Crippen LogP contribution in [0.5, 0.6) is 5.75 Å². The Hall–Kier alpha value is -0.690. The largest absolute Gasteiger partial charge is 0.497 e. The van der Waals surface area contributed by atoms with Crippen LogP contribution in [0.1, 0.15) is 43.0 Å². The molecule has 0 aliphatic heterocycles. The van der Waals surface area contributed by atoms with Crippen molar-refractivity contribution in [2.45, 2.75) is 37.5 Å². The van der Waals surface area contributed by atoms with E-state index in [1.54, 1.807) is 7.11 Å². The zero-order chi connectivity index (χ0) is 13.7. The van der Waals surface area contributed by atoms with E-state index in [0.717, 1.165) is 29.4 Å².